The first-order chi connectivity index (χ1) is 12.2. The van der Waals surface area contributed by atoms with Crippen molar-refractivity contribution in [3.05, 3.63) is 17.7 Å². The molecule has 0 aromatic heterocycles. The summed E-state index contributed by atoms with van der Waals surface area (Å²) in [4.78, 5) is 4.65. The van der Waals surface area contributed by atoms with Gasteiger partial charge in [-0.2, -0.15) is 11.8 Å². The van der Waals surface area contributed by atoms with Gasteiger partial charge in [0, 0.05) is 18.7 Å². The number of methoxy groups -OCH3 is 3. The number of thioether (sulfide) groups is 1. The van der Waals surface area contributed by atoms with Gasteiger partial charge in [0.25, 0.3) is 0 Å². The minimum atomic E-state index is 0. The maximum absolute atomic E-state index is 5.51. The van der Waals surface area contributed by atoms with E-state index in [2.05, 4.69) is 28.8 Å². The van der Waals surface area contributed by atoms with Crippen LogP contribution in [0.5, 0.6) is 17.2 Å². The summed E-state index contributed by atoms with van der Waals surface area (Å²) in [7, 11) is 4.84. The second-order valence-corrected chi connectivity index (χ2v) is 6.30. The Bertz CT molecular complexity index is 545. The van der Waals surface area contributed by atoms with E-state index >= 15 is 0 Å². The lowest BCUT2D eigenvalue weighted by atomic mass is 10.1. The maximum Gasteiger partial charge on any atom is 0.203 e. The monoisotopic (exact) mass is 497 g/mol. The van der Waals surface area contributed by atoms with E-state index in [0.717, 1.165) is 31.0 Å². The van der Waals surface area contributed by atoms with Crippen LogP contribution in [0.3, 0.4) is 0 Å². The third-order valence-corrected chi connectivity index (χ3v) is 4.30. The first-order valence-corrected chi connectivity index (χ1v) is 9.90. The highest BCUT2D eigenvalue weighted by molar-refractivity contribution is 14.0. The number of unbranched alkanes of at least 4 members (excludes halogenated alkanes) is 1. The van der Waals surface area contributed by atoms with Crippen LogP contribution in [0, 0.1) is 0 Å². The fourth-order valence-corrected chi connectivity index (χ4v) is 2.86. The summed E-state index contributed by atoms with van der Waals surface area (Å²) in [5.41, 5.74) is 0.944. The van der Waals surface area contributed by atoms with Crippen molar-refractivity contribution in [2.45, 2.75) is 26.3 Å². The molecule has 0 amide bonds. The summed E-state index contributed by atoms with van der Waals surface area (Å²) in [6, 6.07) is 3.82. The van der Waals surface area contributed by atoms with Crippen molar-refractivity contribution in [2.75, 3.05) is 46.4 Å². The zero-order valence-corrected chi connectivity index (χ0v) is 19.5. The molecule has 0 heterocycles. The minimum Gasteiger partial charge on any atom is -0.493 e. The molecule has 1 aromatic rings. The molecule has 0 fully saturated rings. The molecule has 0 aliphatic rings. The molecule has 0 unspecified atom stereocenters. The van der Waals surface area contributed by atoms with Gasteiger partial charge >= 0.3 is 0 Å². The van der Waals surface area contributed by atoms with Crippen LogP contribution < -0.4 is 24.8 Å². The van der Waals surface area contributed by atoms with Gasteiger partial charge in [-0.05, 0) is 43.9 Å². The van der Waals surface area contributed by atoms with E-state index in [0.29, 0.717) is 23.8 Å². The second-order valence-electron chi connectivity index (χ2n) is 5.32. The number of halogens is 1. The first kappa shape index (κ1) is 25.0. The van der Waals surface area contributed by atoms with Gasteiger partial charge in [0.05, 0.1) is 27.9 Å². The molecule has 0 radical (unpaired) electrons. The number of nitrogens with one attached hydrogen (secondary N) is 2. The van der Waals surface area contributed by atoms with Gasteiger partial charge in [-0.15, -0.1) is 24.0 Å². The lowest BCUT2D eigenvalue weighted by molar-refractivity contribution is 0.322. The SMILES string of the molecule is CCNC(=NCc1ccc(OC)c(OC)c1OC)NCCCCSC.I. The number of nitrogens with zero attached hydrogens (tertiary/aromatic N) is 1. The van der Waals surface area contributed by atoms with Crippen LogP contribution in [0.15, 0.2) is 17.1 Å². The van der Waals surface area contributed by atoms with E-state index in [-0.39, 0.29) is 24.0 Å². The average Bonchev–Trinajstić information content (AvgIpc) is 2.64. The number of rotatable bonds is 11. The fraction of sp³-hybridized carbons (Fsp3) is 0.611. The molecule has 0 aliphatic heterocycles. The van der Waals surface area contributed by atoms with Crippen molar-refractivity contribution >= 4 is 41.7 Å². The Morgan fingerprint density at radius 2 is 1.77 bits per heavy atom. The molecule has 0 saturated heterocycles. The van der Waals surface area contributed by atoms with Crippen molar-refractivity contribution in [1.82, 2.24) is 10.6 Å². The van der Waals surface area contributed by atoms with E-state index in [1.54, 1.807) is 21.3 Å². The number of ether oxygens (including phenoxy) is 3. The van der Waals surface area contributed by atoms with Crippen LogP contribution in [0.2, 0.25) is 0 Å². The Morgan fingerprint density at radius 1 is 1.04 bits per heavy atom. The number of hydrogen-bond donors (Lipinski definition) is 2. The molecule has 1 rings (SSSR count). The Hall–Kier alpha value is -1.03. The van der Waals surface area contributed by atoms with Gasteiger partial charge in [0.2, 0.25) is 5.75 Å². The Labute approximate surface area is 178 Å². The molecule has 0 bridgehead atoms. The summed E-state index contributed by atoms with van der Waals surface area (Å²) in [5, 5.41) is 6.64. The third-order valence-electron chi connectivity index (χ3n) is 3.61. The number of hydrogen-bond acceptors (Lipinski definition) is 5. The van der Waals surface area contributed by atoms with Crippen molar-refractivity contribution in [1.29, 1.82) is 0 Å². The van der Waals surface area contributed by atoms with Gasteiger partial charge < -0.3 is 24.8 Å². The molecule has 6 nitrogen and oxygen atoms in total. The zero-order valence-electron chi connectivity index (χ0n) is 16.4. The van der Waals surface area contributed by atoms with Gasteiger partial charge in [-0.1, -0.05) is 0 Å². The largest absolute Gasteiger partial charge is 0.493 e. The molecule has 150 valence electrons. The molecule has 0 spiro atoms. The van der Waals surface area contributed by atoms with Gasteiger partial charge in [0.15, 0.2) is 17.5 Å². The highest BCUT2D eigenvalue weighted by atomic mass is 127. The number of guanidine groups is 1. The molecule has 2 N–H and O–H groups in total. The van der Waals surface area contributed by atoms with Gasteiger partial charge in [-0.25, -0.2) is 4.99 Å². The van der Waals surface area contributed by atoms with E-state index in [9.17, 15) is 0 Å². The predicted octanol–water partition coefficient (Wildman–Crippen LogP) is 3.53. The van der Waals surface area contributed by atoms with Gasteiger partial charge in [0.1, 0.15) is 0 Å². The first-order valence-electron chi connectivity index (χ1n) is 8.50. The highest BCUT2D eigenvalue weighted by Gasteiger charge is 2.15. The maximum atomic E-state index is 5.51. The standard InChI is InChI=1S/C18H31N3O3S.HI/c1-6-19-18(20-11-7-8-12-25-5)21-13-14-9-10-15(22-2)17(24-4)16(14)23-3;/h9-10H,6-8,11-13H2,1-5H3,(H2,19,20,21);1H. The van der Waals surface area contributed by atoms with Gasteiger partial charge in [-0.3, -0.25) is 0 Å². The zero-order chi connectivity index (χ0) is 18.5. The minimum absolute atomic E-state index is 0. The van der Waals surface area contributed by atoms with E-state index < -0.39 is 0 Å². The molecular formula is C18H32IN3O3S. The van der Waals surface area contributed by atoms with Crippen LogP contribution in [-0.2, 0) is 6.54 Å². The quantitative estimate of drug-likeness (QED) is 0.211. The molecule has 0 aliphatic carbocycles. The molecule has 8 heteroatoms. The molecule has 0 atom stereocenters. The van der Waals surface area contributed by atoms with Crippen LogP contribution in [0.4, 0.5) is 0 Å². The number of benzene rings is 1. The summed E-state index contributed by atoms with van der Waals surface area (Å²) in [6.07, 6.45) is 4.47. The normalized spacial score (nSPS) is 10.7. The Balaban J connectivity index is 0.00000625. The summed E-state index contributed by atoms with van der Waals surface area (Å²) >= 11 is 1.88. The van der Waals surface area contributed by atoms with E-state index in [1.807, 2.05) is 23.9 Å². The smallest absolute Gasteiger partial charge is 0.203 e. The average molecular weight is 497 g/mol. The van der Waals surface area contributed by atoms with Crippen molar-refractivity contribution < 1.29 is 14.2 Å². The lowest BCUT2D eigenvalue weighted by Crippen LogP contribution is -2.37. The van der Waals surface area contributed by atoms with Crippen molar-refractivity contribution in [3.63, 3.8) is 0 Å². The molecule has 0 saturated carbocycles. The molecule has 26 heavy (non-hydrogen) atoms. The summed E-state index contributed by atoms with van der Waals surface area (Å²) in [6.45, 7) is 4.28. The topological polar surface area (TPSA) is 64.1 Å². The van der Waals surface area contributed by atoms with Crippen LogP contribution >= 0.6 is 35.7 Å². The Morgan fingerprint density at radius 3 is 2.35 bits per heavy atom. The number of aliphatic imine (C=N–C) groups is 1. The molecular weight excluding hydrogens is 465 g/mol. The second kappa shape index (κ2) is 15.1. The summed E-state index contributed by atoms with van der Waals surface area (Å²) in [5.74, 6) is 3.89. The highest BCUT2D eigenvalue weighted by Crippen LogP contribution is 2.39. The fourth-order valence-electron chi connectivity index (χ4n) is 2.37. The van der Waals surface area contributed by atoms with Crippen molar-refractivity contribution in [2.24, 2.45) is 4.99 Å². The summed E-state index contributed by atoms with van der Waals surface area (Å²) < 4.78 is 16.3. The van der Waals surface area contributed by atoms with Crippen LogP contribution in [0.1, 0.15) is 25.3 Å². The lowest BCUT2D eigenvalue weighted by Gasteiger charge is -2.15. The molecule has 1 aromatic carbocycles. The Kier molecular flexibility index (Phi) is 14.5. The third kappa shape index (κ3) is 8.11. The van der Waals surface area contributed by atoms with E-state index in [1.165, 1.54) is 12.2 Å². The van der Waals surface area contributed by atoms with Crippen LogP contribution in [0.25, 0.3) is 0 Å². The van der Waals surface area contributed by atoms with Crippen molar-refractivity contribution in [3.8, 4) is 17.2 Å². The predicted molar refractivity (Wildman–Crippen MR) is 122 cm³/mol. The van der Waals surface area contributed by atoms with Crippen LogP contribution in [-0.4, -0.2) is 52.4 Å². The van der Waals surface area contributed by atoms with E-state index in [4.69, 9.17) is 14.2 Å².